The van der Waals surface area contributed by atoms with Crippen molar-refractivity contribution in [1.82, 2.24) is 16.1 Å². The molecule has 0 fully saturated rings. The molecule has 5 N–H and O–H groups in total. The summed E-state index contributed by atoms with van der Waals surface area (Å²) >= 11 is 0. The molecule has 11 nitrogen and oxygen atoms in total. The monoisotopic (exact) mass is 489 g/mol. The predicted octanol–water partition coefficient (Wildman–Crippen LogP) is 2.04. The number of carbonyl (C=O) groups is 4. The first-order valence-electron chi connectivity index (χ1n) is 11.6. The van der Waals surface area contributed by atoms with Crippen molar-refractivity contribution in [2.24, 2.45) is 11.8 Å². The van der Waals surface area contributed by atoms with Crippen LogP contribution in [0.3, 0.4) is 0 Å². The van der Waals surface area contributed by atoms with Crippen molar-refractivity contribution in [3.63, 3.8) is 0 Å². The SMILES string of the molecule is CC(C)C[C@@H](C(=O)N[C@@H](CCCCNC(=O)OC(C)(C)C)C(=O)OC(C)(C)C)[C@H](O)C(=O)NO. The maximum atomic E-state index is 12.9. The van der Waals surface area contributed by atoms with Gasteiger partial charge in [0.2, 0.25) is 5.91 Å². The zero-order valence-corrected chi connectivity index (χ0v) is 21.7. The Labute approximate surface area is 202 Å². The van der Waals surface area contributed by atoms with E-state index in [0.717, 1.165) is 0 Å². The molecule has 0 saturated heterocycles. The van der Waals surface area contributed by atoms with Gasteiger partial charge in [0, 0.05) is 6.54 Å². The lowest BCUT2D eigenvalue weighted by atomic mass is 9.90. The molecular formula is C23H43N3O8. The van der Waals surface area contributed by atoms with Crippen LogP contribution in [0, 0.1) is 11.8 Å². The van der Waals surface area contributed by atoms with Crippen LogP contribution in [0.25, 0.3) is 0 Å². The normalized spacial score (nSPS) is 14.6. The van der Waals surface area contributed by atoms with Crippen LogP contribution in [0.4, 0.5) is 4.79 Å². The summed E-state index contributed by atoms with van der Waals surface area (Å²) in [6, 6.07) is -1.02. The number of aliphatic hydroxyl groups is 1. The molecule has 3 amide bonds. The van der Waals surface area contributed by atoms with E-state index in [4.69, 9.17) is 14.7 Å². The molecule has 0 aliphatic rings. The van der Waals surface area contributed by atoms with Gasteiger partial charge in [0.1, 0.15) is 23.3 Å². The highest BCUT2D eigenvalue weighted by molar-refractivity contribution is 5.91. The lowest BCUT2D eigenvalue weighted by Crippen LogP contribution is -2.51. The van der Waals surface area contributed by atoms with Crippen molar-refractivity contribution in [3.8, 4) is 0 Å². The Kier molecular flexibility index (Phi) is 13.1. The van der Waals surface area contributed by atoms with Gasteiger partial charge < -0.3 is 25.2 Å². The van der Waals surface area contributed by atoms with E-state index in [1.165, 1.54) is 5.48 Å². The van der Waals surface area contributed by atoms with Crippen LogP contribution in [-0.4, -0.2) is 64.1 Å². The number of unbranched alkanes of at least 4 members (excludes halogenated alkanes) is 1. The summed E-state index contributed by atoms with van der Waals surface area (Å²) in [5.74, 6) is -3.68. The van der Waals surface area contributed by atoms with Crippen molar-refractivity contribution in [2.45, 2.75) is 104 Å². The molecule has 0 rings (SSSR count). The van der Waals surface area contributed by atoms with Crippen LogP contribution in [0.5, 0.6) is 0 Å². The Morgan fingerprint density at radius 2 is 1.44 bits per heavy atom. The maximum absolute atomic E-state index is 12.9. The van der Waals surface area contributed by atoms with Gasteiger partial charge in [-0.3, -0.25) is 14.8 Å². The van der Waals surface area contributed by atoms with E-state index < -0.39 is 53.1 Å². The smallest absolute Gasteiger partial charge is 0.407 e. The van der Waals surface area contributed by atoms with Gasteiger partial charge in [0.05, 0.1) is 5.92 Å². The van der Waals surface area contributed by atoms with Crippen molar-refractivity contribution in [3.05, 3.63) is 0 Å². The number of carbonyl (C=O) groups excluding carboxylic acids is 4. The zero-order valence-electron chi connectivity index (χ0n) is 21.7. The number of nitrogens with one attached hydrogen (secondary N) is 3. The number of alkyl carbamates (subject to hydrolysis) is 1. The fraction of sp³-hybridized carbons (Fsp3) is 0.826. The van der Waals surface area contributed by atoms with Gasteiger partial charge in [-0.1, -0.05) is 13.8 Å². The highest BCUT2D eigenvalue weighted by Crippen LogP contribution is 2.18. The van der Waals surface area contributed by atoms with Gasteiger partial charge in [-0.25, -0.2) is 15.1 Å². The maximum Gasteiger partial charge on any atom is 0.407 e. The first kappa shape index (κ1) is 31.6. The van der Waals surface area contributed by atoms with Crippen LogP contribution in [0.2, 0.25) is 0 Å². The number of hydrogen-bond donors (Lipinski definition) is 5. The molecule has 0 heterocycles. The molecule has 0 unspecified atom stereocenters. The number of ether oxygens (including phenoxy) is 2. The second-order valence-electron chi connectivity index (χ2n) is 10.7. The van der Waals surface area contributed by atoms with Crippen molar-refractivity contribution < 1.29 is 39.0 Å². The van der Waals surface area contributed by atoms with E-state index in [0.29, 0.717) is 19.4 Å². The van der Waals surface area contributed by atoms with Gasteiger partial charge in [-0.2, -0.15) is 0 Å². The Morgan fingerprint density at radius 1 is 0.882 bits per heavy atom. The van der Waals surface area contributed by atoms with Gasteiger partial charge in [0.15, 0.2) is 0 Å². The number of esters is 1. The average Bonchev–Trinajstić information content (AvgIpc) is 2.66. The van der Waals surface area contributed by atoms with Crippen molar-refractivity contribution >= 4 is 23.9 Å². The molecule has 0 aromatic heterocycles. The highest BCUT2D eigenvalue weighted by Gasteiger charge is 2.35. The van der Waals surface area contributed by atoms with Crippen LogP contribution in [0.1, 0.15) is 81.1 Å². The number of aliphatic hydroxyl groups excluding tert-OH is 1. The summed E-state index contributed by atoms with van der Waals surface area (Å²) in [5, 5.41) is 24.3. The molecule has 0 spiro atoms. The Hall–Kier alpha value is -2.40. The summed E-state index contributed by atoms with van der Waals surface area (Å²) in [5.41, 5.74) is -0.0501. The summed E-state index contributed by atoms with van der Waals surface area (Å²) in [7, 11) is 0. The fourth-order valence-electron chi connectivity index (χ4n) is 3.01. The van der Waals surface area contributed by atoms with Gasteiger partial charge >= 0.3 is 12.1 Å². The molecule has 0 aromatic rings. The number of hydrogen-bond acceptors (Lipinski definition) is 8. The lowest BCUT2D eigenvalue weighted by Gasteiger charge is -2.27. The minimum absolute atomic E-state index is 0.0456. The summed E-state index contributed by atoms with van der Waals surface area (Å²) in [4.78, 5) is 49.1. The first-order chi connectivity index (χ1) is 15.5. The largest absolute Gasteiger partial charge is 0.458 e. The standard InChI is InChI=1S/C23H43N3O8/c1-14(2)13-15(17(27)19(29)26-32)18(28)25-16(20(30)33-22(3,4)5)11-9-10-12-24-21(31)34-23(6,7)8/h14-17,27,32H,9-13H2,1-8H3,(H,24,31)(H,25,28)(H,26,29)/t15-,16+,17+/m1/s1. The van der Waals surface area contributed by atoms with Crippen LogP contribution in [-0.2, 0) is 23.9 Å². The molecule has 0 bridgehead atoms. The molecular weight excluding hydrogens is 446 g/mol. The second kappa shape index (κ2) is 14.1. The molecule has 11 heteroatoms. The highest BCUT2D eigenvalue weighted by atomic mass is 16.6. The van der Waals surface area contributed by atoms with Gasteiger partial charge in [-0.05, 0) is 73.1 Å². The fourth-order valence-corrected chi connectivity index (χ4v) is 3.01. The van der Waals surface area contributed by atoms with E-state index in [1.807, 2.05) is 13.8 Å². The summed E-state index contributed by atoms with van der Waals surface area (Å²) in [6.07, 6.45) is -0.982. The van der Waals surface area contributed by atoms with E-state index in [9.17, 15) is 24.3 Å². The third kappa shape index (κ3) is 14.0. The molecule has 0 aromatic carbocycles. The molecule has 0 radical (unpaired) electrons. The Balaban J connectivity index is 5.20. The Bertz CT molecular complexity index is 683. The third-order valence-electron chi connectivity index (χ3n) is 4.42. The first-order valence-corrected chi connectivity index (χ1v) is 11.6. The molecule has 0 saturated carbocycles. The zero-order chi connectivity index (χ0) is 26.7. The third-order valence-corrected chi connectivity index (χ3v) is 4.42. The Morgan fingerprint density at radius 3 is 1.91 bits per heavy atom. The average molecular weight is 490 g/mol. The quantitative estimate of drug-likeness (QED) is 0.120. The van der Waals surface area contributed by atoms with Gasteiger partial charge in [0.25, 0.3) is 5.91 Å². The number of amides is 3. The van der Waals surface area contributed by atoms with E-state index in [2.05, 4.69) is 10.6 Å². The van der Waals surface area contributed by atoms with E-state index >= 15 is 0 Å². The summed E-state index contributed by atoms with van der Waals surface area (Å²) in [6.45, 7) is 14.3. The minimum atomic E-state index is -1.79. The van der Waals surface area contributed by atoms with E-state index in [-0.39, 0.29) is 18.8 Å². The second-order valence-corrected chi connectivity index (χ2v) is 10.7. The summed E-state index contributed by atoms with van der Waals surface area (Å²) < 4.78 is 10.6. The van der Waals surface area contributed by atoms with E-state index in [1.54, 1.807) is 41.5 Å². The topological polar surface area (TPSA) is 163 Å². The molecule has 198 valence electrons. The van der Waals surface area contributed by atoms with Gasteiger partial charge in [-0.15, -0.1) is 0 Å². The minimum Gasteiger partial charge on any atom is -0.458 e. The molecule has 34 heavy (non-hydrogen) atoms. The number of rotatable bonds is 12. The molecule has 3 atom stereocenters. The number of hydroxylamine groups is 1. The van der Waals surface area contributed by atoms with Crippen molar-refractivity contribution in [2.75, 3.05) is 6.54 Å². The molecule has 0 aliphatic heterocycles. The van der Waals surface area contributed by atoms with Crippen LogP contribution < -0.4 is 16.1 Å². The predicted molar refractivity (Wildman–Crippen MR) is 125 cm³/mol. The van der Waals surface area contributed by atoms with Crippen LogP contribution in [0.15, 0.2) is 0 Å². The van der Waals surface area contributed by atoms with Crippen LogP contribution >= 0.6 is 0 Å². The molecule has 0 aliphatic carbocycles. The lowest BCUT2D eigenvalue weighted by molar-refractivity contribution is -0.159. The van der Waals surface area contributed by atoms with Crippen molar-refractivity contribution in [1.29, 1.82) is 0 Å².